The van der Waals surface area contributed by atoms with Gasteiger partial charge in [0.15, 0.2) is 0 Å². The fourth-order valence-electron chi connectivity index (χ4n) is 1.26. The monoisotopic (exact) mass is 271 g/mol. The van der Waals surface area contributed by atoms with Crippen LogP contribution in [0.2, 0.25) is 0 Å². The maximum absolute atomic E-state index is 5.43. The Morgan fingerprint density at radius 3 is 2.79 bits per heavy atom. The molecule has 0 amide bonds. The minimum Gasteiger partial charge on any atom is -0.393 e. The summed E-state index contributed by atoms with van der Waals surface area (Å²) in [5, 5.41) is 0. The molecule has 0 bridgehead atoms. The summed E-state index contributed by atoms with van der Waals surface area (Å²) in [6.07, 6.45) is 2.90. The van der Waals surface area contributed by atoms with Gasteiger partial charge in [-0.05, 0) is 43.4 Å². The Labute approximate surface area is 98.8 Å². The van der Waals surface area contributed by atoms with Crippen LogP contribution in [0.4, 0.5) is 0 Å². The molecule has 1 nitrogen and oxygen atoms in total. The Kier molecular flexibility index (Phi) is 4.55. The van der Waals surface area contributed by atoms with Gasteiger partial charge in [-0.2, -0.15) is 0 Å². The highest BCUT2D eigenvalue weighted by Gasteiger charge is 1.98. The van der Waals surface area contributed by atoms with E-state index in [1.165, 1.54) is 15.6 Å². The molecule has 0 spiro atoms. The number of hydrogen-bond acceptors (Lipinski definition) is 1. The first-order chi connectivity index (χ1) is 6.59. The molecule has 0 aliphatic rings. The number of benzene rings is 1. The smallest absolute Gasteiger partial charge is 0.0727 e. The van der Waals surface area contributed by atoms with E-state index in [1.54, 1.807) is 0 Å². The SMILES string of the molecule is Cc1ccc(CCCC(N)=S)cc1Br. The van der Waals surface area contributed by atoms with Crippen molar-refractivity contribution in [1.82, 2.24) is 0 Å². The lowest BCUT2D eigenvalue weighted by Crippen LogP contribution is -2.07. The van der Waals surface area contributed by atoms with E-state index in [4.69, 9.17) is 18.0 Å². The third-order valence-corrected chi connectivity index (χ3v) is 3.18. The largest absolute Gasteiger partial charge is 0.393 e. The highest BCUT2D eigenvalue weighted by molar-refractivity contribution is 9.10. The van der Waals surface area contributed by atoms with Crippen LogP contribution in [0.15, 0.2) is 22.7 Å². The van der Waals surface area contributed by atoms with Crippen molar-refractivity contribution in [2.24, 2.45) is 5.73 Å². The molecular formula is C11H14BrNS. The van der Waals surface area contributed by atoms with E-state index in [-0.39, 0.29) is 0 Å². The summed E-state index contributed by atoms with van der Waals surface area (Å²) < 4.78 is 1.17. The Morgan fingerprint density at radius 2 is 2.21 bits per heavy atom. The zero-order valence-corrected chi connectivity index (χ0v) is 10.6. The maximum Gasteiger partial charge on any atom is 0.0727 e. The normalized spacial score (nSPS) is 10.1. The molecule has 1 aromatic carbocycles. The van der Waals surface area contributed by atoms with E-state index in [0.29, 0.717) is 4.99 Å². The van der Waals surface area contributed by atoms with Crippen molar-refractivity contribution < 1.29 is 0 Å². The van der Waals surface area contributed by atoms with Crippen molar-refractivity contribution in [3.63, 3.8) is 0 Å². The first-order valence-corrected chi connectivity index (χ1v) is 5.83. The molecule has 0 unspecified atom stereocenters. The second-order valence-electron chi connectivity index (χ2n) is 3.40. The molecule has 3 heteroatoms. The minimum absolute atomic E-state index is 0.608. The van der Waals surface area contributed by atoms with Crippen LogP contribution in [0.3, 0.4) is 0 Å². The molecule has 0 saturated heterocycles. The molecule has 76 valence electrons. The predicted octanol–water partition coefficient (Wildman–Crippen LogP) is 3.37. The molecule has 1 rings (SSSR count). The van der Waals surface area contributed by atoms with Gasteiger partial charge in [-0.3, -0.25) is 0 Å². The van der Waals surface area contributed by atoms with Crippen molar-refractivity contribution in [3.05, 3.63) is 33.8 Å². The zero-order valence-electron chi connectivity index (χ0n) is 8.22. The Morgan fingerprint density at radius 1 is 1.50 bits per heavy atom. The van der Waals surface area contributed by atoms with E-state index in [2.05, 4.69) is 41.1 Å². The van der Waals surface area contributed by atoms with E-state index < -0.39 is 0 Å². The van der Waals surface area contributed by atoms with Crippen molar-refractivity contribution in [2.75, 3.05) is 0 Å². The quantitative estimate of drug-likeness (QED) is 0.850. The van der Waals surface area contributed by atoms with Crippen LogP contribution >= 0.6 is 28.1 Å². The maximum atomic E-state index is 5.43. The summed E-state index contributed by atoms with van der Waals surface area (Å²) in [5.41, 5.74) is 8.03. The van der Waals surface area contributed by atoms with Crippen LogP contribution in [0, 0.1) is 6.92 Å². The van der Waals surface area contributed by atoms with Crippen molar-refractivity contribution in [3.8, 4) is 0 Å². The zero-order chi connectivity index (χ0) is 10.6. The fourth-order valence-corrected chi connectivity index (χ4v) is 1.83. The van der Waals surface area contributed by atoms with E-state index in [9.17, 15) is 0 Å². The second-order valence-corrected chi connectivity index (χ2v) is 4.78. The molecule has 0 aromatic heterocycles. The number of hydrogen-bond donors (Lipinski definition) is 1. The van der Waals surface area contributed by atoms with Crippen LogP contribution in [0.5, 0.6) is 0 Å². The molecule has 1 aromatic rings. The Balaban J connectivity index is 2.51. The van der Waals surface area contributed by atoms with Crippen LogP contribution in [-0.2, 0) is 6.42 Å². The third kappa shape index (κ3) is 3.76. The lowest BCUT2D eigenvalue weighted by Gasteiger charge is -2.03. The number of thiocarbonyl (C=S) groups is 1. The number of halogens is 1. The number of aryl methyl sites for hydroxylation is 2. The van der Waals surface area contributed by atoms with E-state index >= 15 is 0 Å². The summed E-state index contributed by atoms with van der Waals surface area (Å²) in [6, 6.07) is 6.44. The molecule has 2 N–H and O–H groups in total. The standard InChI is InChI=1S/C11H14BrNS/c1-8-5-6-9(7-10(8)12)3-2-4-11(13)14/h5-7H,2-4H2,1H3,(H2,13,14). The van der Waals surface area contributed by atoms with Gasteiger partial charge in [0.05, 0.1) is 4.99 Å². The first kappa shape index (κ1) is 11.7. The average molecular weight is 272 g/mol. The molecular weight excluding hydrogens is 258 g/mol. The third-order valence-electron chi connectivity index (χ3n) is 2.12. The van der Waals surface area contributed by atoms with Gasteiger partial charge in [-0.1, -0.05) is 40.3 Å². The highest BCUT2D eigenvalue weighted by Crippen LogP contribution is 2.18. The molecule has 0 radical (unpaired) electrons. The highest BCUT2D eigenvalue weighted by atomic mass is 79.9. The van der Waals surface area contributed by atoms with Crippen LogP contribution in [0.1, 0.15) is 24.0 Å². The summed E-state index contributed by atoms with van der Waals surface area (Å²) in [7, 11) is 0. The van der Waals surface area contributed by atoms with Gasteiger partial charge in [0, 0.05) is 4.47 Å². The van der Waals surface area contributed by atoms with Crippen LogP contribution < -0.4 is 5.73 Å². The van der Waals surface area contributed by atoms with Gasteiger partial charge in [-0.15, -0.1) is 0 Å². The van der Waals surface area contributed by atoms with Crippen LogP contribution in [0.25, 0.3) is 0 Å². The van der Waals surface area contributed by atoms with Gasteiger partial charge >= 0.3 is 0 Å². The number of rotatable bonds is 4. The number of nitrogens with two attached hydrogens (primary N) is 1. The minimum atomic E-state index is 0.608. The summed E-state index contributed by atoms with van der Waals surface area (Å²) in [6.45, 7) is 2.09. The van der Waals surface area contributed by atoms with Crippen molar-refractivity contribution in [2.45, 2.75) is 26.2 Å². The molecule has 14 heavy (non-hydrogen) atoms. The lowest BCUT2D eigenvalue weighted by atomic mass is 10.1. The molecule has 0 aliphatic carbocycles. The molecule has 0 saturated carbocycles. The van der Waals surface area contributed by atoms with Gasteiger partial charge in [-0.25, -0.2) is 0 Å². The van der Waals surface area contributed by atoms with Crippen molar-refractivity contribution >= 4 is 33.1 Å². The van der Waals surface area contributed by atoms with Gasteiger partial charge in [0.1, 0.15) is 0 Å². The lowest BCUT2D eigenvalue weighted by molar-refractivity contribution is 0.867. The second kappa shape index (κ2) is 5.47. The van der Waals surface area contributed by atoms with E-state index in [1.807, 2.05) is 0 Å². The Bertz CT molecular complexity index is 336. The Hall–Kier alpha value is -0.410. The molecule has 0 atom stereocenters. The van der Waals surface area contributed by atoms with Crippen LogP contribution in [-0.4, -0.2) is 4.99 Å². The summed E-state index contributed by atoms with van der Waals surface area (Å²) in [4.78, 5) is 0.608. The summed E-state index contributed by atoms with van der Waals surface area (Å²) >= 11 is 8.34. The first-order valence-electron chi connectivity index (χ1n) is 4.63. The predicted molar refractivity (Wildman–Crippen MR) is 68.6 cm³/mol. The molecule has 0 aliphatic heterocycles. The van der Waals surface area contributed by atoms with Gasteiger partial charge in [0.2, 0.25) is 0 Å². The summed E-state index contributed by atoms with van der Waals surface area (Å²) in [5.74, 6) is 0. The average Bonchev–Trinajstić information content (AvgIpc) is 2.10. The van der Waals surface area contributed by atoms with E-state index in [0.717, 1.165) is 19.3 Å². The molecule has 0 heterocycles. The topological polar surface area (TPSA) is 26.0 Å². The van der Waals surface area contributed by atoms with Gasteiger partial charge < -0.3 is 5.73 Å². The molecule has 0 fully saturated rings. The van der Waals surface area contributed by atoms with Crippen molar-refractivity contribution in [1.29, 1.82) is 0 Å². The van der Waals surface area contributed by atoms with Gasteiger partial charge in [0.25, 0.3) is 0 Å². The fraction of sp³-hybridized carbons (Fsp3) is 0.364.